The van der Waals surface area contributed by atoms with E-state index in [0.29, 0.717) is 22.7 Å². The fourth-order valence-corrected chi connectivity index (χ4v) is 2.65. The summed E-state index contributed by atoms with van der Waals surface area (Å²) in [6, 6.07) is 12.3. The topological polar surface area (TPSA) is 140 Å². The van der Waals surface area contributed by atoms with Gasteiger partial charge in [-0.05, 0) is 55.3 Å². The van der Waals surface area contributed by atoms with Crippen LogP contribution >= 0.6 is 0 Å². The number of carbonyl (C=O) groups is 2. The summed E-state index contributed by atoms with van der Waals surface area (Å²) in [5.41, 5.74) is 14.2. The largest absolute Gasteiger partial charge is 0.417 e. The molecule has 1 aromatic heterocycles. The number of hydrogen-bond acceptors (Lipinski definition) is 6. The van der Waals surface area contributed by atoms with E-state index in [1.54, 1.807) is 50.2 Å². The highest BCUT2D eigenvalue weighted by Crippen LogP contribution is 2.20. The van der Waals surface area contributed by atoms with Crippen LogP contribution in [0, 0.1) is 13.8 Å². The Hall–Kier alpha value is -4.07. The molecule has 0 bridgehead atoms. The van der Waals surface area contributed by atoms with Crippen molar-refractivity contribution in [3.05, 3.63) is 81.4 Å². The average Bonchev–Trinajstić information content (AvgIpc) is 2.67. The molecule has 2 aromatic carbocycles. The normalized spacial score (nSPS) is 10.4. The summed E-state index contributed by atoms with van der Waals surface area (Å²) in [6.45, 7) is 3.60. The lowest BCUT2D eigenvalue weighted by Crippen LogP contribution is -2.20. The quantitative estimate of drug-likeness (QED) is 0.503. The smallest absolute Gasteiger partial charge is 0.337 e. The number of rotatable bonds is 4. The van der Waals surface area contributed by atoms with Gasteiger partial charge in [0.2, 0.25) is 0 Å². The van der Waals surface area contributed by atoms with Gasteiger partial charge in [0.15, 0.2) is 5.76 Å². The van der Waals surface area contributed by atoms with Gasteiger partial charge < -0.3 is 26.5 Å². The number of carbonyl (C=O) groups excluding carboxylic acids is 2. The van der Waals surface area contributed by atoms with Gasteiger partial charge in [0.25, 0.3) is 11.8 Å². The molecule has 2 amide bonds. The summed E-state index contributed by atoms with van der Waals surface area (Å²) in [7, 11) is 0. The molecule has 1 heterocycles. The molecule has 0 aliphatic carbocycles. The third-order valence-corrected chi connectivity index (χ3v) is 4.28. The molecule has 0 radical (unpaired) electrons. The van der Waals surface area contributed by atoms with Crippen molar-refractivity contribution in [3.8, 4) is 0 Å². The van der Waals surface area contributed by atoms with Crippen molar-refractivity contribution in [2.24, 2.45) is 0 Å². The van der Waals surface area contributed by atoms with Crippen LogP contribution in [-0.2, 0) is 0 Å². The van der Waals surface area contributed by atoms with Crippen LogP contribution in [0.1, 0.15) is 32.0 Å². The second-order valence-corrected chi connectivity index (χ2v) is 6.59. The third-order valence-electron chi connectivity index (χ3n) is 4.28. The molecule has 0 fully saturated rings. The molecule has 3 aromatic rings. The highest BCUT2D eigenvalue weighted by molar-refractivity contribution is 6.08. The van der Waals surface area contributed by atoms with Crippen LogP contribution in [0.25, 0.3) is 0 Å². The van der Waals surface area contributed by atoms with Gasteiger partial charge in [-0.2, -0.15) is 0 Å². The third kappa shape index (κ3) is 4.62. The van der Waals surface area contributed by atoms with E-state index >= 15 is 0 Å². The number of nitrogen functional groups attached to an aromatic ring is 2. The molecule has 0 aliphatic rings. The zero-order valence-electron chi connectivity index (χ0n) is 15.9. The van der Waals surface area contributed by atoms with Crippen LogP contribution in [0.3, 0.4) is 0 Å². The molecular formula is C21H20N4O4. The van der Waals surface area contributed by atoms with Crippen LogP contribution in [0.5, 0.6) is 0 Å². The number of nitrogens with two attached hydrogens (primary N) is 2. The Balaban J connectivity index is 1.86. The van der Waals surface area contributed by atoms with Gasteiger partial charge in [0, 0.05) is 28.8 Å². The van der Waals surface area contributed by atoms with Crippen molar-refractivity contribution in [1.82, 2.24) is 0 Å². The monoisotopic (exact) mass is 392 g/mol. The summed E-state index contributed by atoms with van der Waals surface area (Å²) in [6.07, 6.45) is 0. The minimum atomic E-state index is -0.823. The van der Waals surface area contributed by atoms with Gasteiger partial charge in [0.05, 0.1) is 5.56 Å². The Kier molecular flexibility index (Phi) is 5.36. The molecule has 0 unspecified atom stereocenters. The number of nitrogens with one attached hydrogen (secondary N) is 2. The summed E-state index contributed by atoms with van der Waals surface area (Å²) in [4.78, 5) is 37.0. The van der Waals surface area contributed by atoms with Gasteiger partial charge in [-0.25, -0.2) is 4.79 Å². The lowest BCUT2D eigenvalue weighted by molar-refractivity contribution is 0.0991. The first-order chi connectivity index (χ1) is 13.7. The number of anilines is 4. The van der Waals surface area contributed by atoms with Crippen molar-refractivity contribution >= 4 is 34.6 Å². The molecule has 8 nitrogen and oxygen atoms in total. The predicted molar refractivity (Wildman–Crippen MR) is 112 cm³/mol. The standard InChI is InChI=1S/C21H20N4O4/c1-11-3-5-14(22)9-16(11)24-20(27)13-7-18(29-19(26)8-13)21(28)25-17-10-15(23)6-4-12(17)2/h3-10H,22-23H2,1-2H3,(H,24,27)(H,25,28). The zero-order chi connectivity index (χ0) is 21.1. The highest BCUT2D eigenvalue weighted by atomic mass is 16.4. The van der Waals surface area contributed by atoms with Gasteiger partial charge in [-0.1, -0.05) is 12.1 Å². The fraction of sp³-hybridized carbons (Fsp3) is 0.0952. The Labute approximate surface area is 166 Å². The number of aryl methyl sites for hydroxylation is 2. The molecule has 0 saturated heterocycles. The van der Waals surface area contributed by atoms with E-state index < -0.39 is 17.4 Å². The van der Waals surface area contributed by atoms with Crippen molar-refractivity contribution in [1.29, 1.82) is 0 Å². The van der Waals surface area contributed by atoms with E-state index in [1.807, 2.05) is 0 Å². The van der Waals surface area contributed by atoms with Crippen LogP contribution in [0.15, 0.2) is 57.7 Å². The zero-order valence-corrected chi connectivity index (χ0v) is 15.9. The lowest BCUT2D eigenvalue weighted by Gasteiger charge is -2.10. The summed E-state index contributed by atoms with van der Waals surface area (Å²) >= 11 is 0. The van der Waals surface area contributed by atoms with E-state index in [1.165, 1.54) is 6.07 Å². The van der Waals surface area contributed by atoms with Crippen LogP contribution < -0.4 is 27.7 Å². The average molecular weight is 392 g/mol. The van der Waals surface area contributed by atoms with Gasteiger partial charge >= 0.3 is 5.63 Å². The molecule has 0 spiro atoms. The Morgan fingerprint density at radius 1 is 0.793 bits per heavy atom. The Morgan fingerprint density at radius 2 is 1.31 bits per heavy atom. The van der Waals surface area contributed by atoms with Gasteiger partial charge in [-0.3, -0.25) is 9.59 Å². The van der Waals surface area contributed by atoms with E-state index in [4.69, 9.17) is 15.9 Å². The SMILES string of the molecule is Cc1ccc(N)cc1NC(=O)c1cc(C(=O)Nc2cc(N)ccc2C)oc(=O)c1. The maximum absolute atomic E-state index is 12.6. The highest BCUT2D eigenvalue weighted by Gasteiger charge is 2.17. The second kappa shape index (κ2) is 7.89. The molecule has 148 valence electrons. The molecular weight excluding hydrogens is 372 g/mol. The van der Waals surface area contributed by atoms with Gasteiger partial charge in [0.1, 0.15) is 0 Å². The first kappa shape index (κ1) is 19.7. The minimum Gasteiger partial charge on any atom is -0.417 e. The van der Waals surface area contributed by atoms with Gasteiger partial charge in [-0.15, -0.1) is 0 Å². The fourth-order valence-electron chi connectivity index (χ4n) is 2.65. The predicted octanol–water partition coefficient (Wildman–Crippen LogP) is 2.93. The molecule has 0 aliphatic heterocycles. The number of benzene rings is 2. The Bertz CT molecular complexity index is 1080. The van der Waals surface area contributed by atoms with Crippen LogP contribution in [0.2, 0.25) is 0 Å². The molecule has 3 rings (SSSR count). The summed E-state index contributed by atoms with van der Waals surface area (Å²) in [5, 5.41) is 5.31. The number of amides is 2. The minimum absolute atomic E-state index is 0.0162. The summed E-state index contributed by atoms with van der Waals surface area (Å²) < 4.78 is 4.97. The van der Waals surface area contributed by atoms with Crippen LogP contribution in [-0.4, -0.2) is 11.8 Å². The van der Waals surface area contributed by atoms with E-state index in [9.17, 15) is 14.4 Å². The van der Waals surface area contributed by atoms with Crippen molar-refractivity contribution in [2.75, 3.05) is 22.1 Å². The molecule has 0 saturated carbocycles. The summed E-state index contributed by atoms with van der Waals surface area (Å²) in [5.74, 6) is -1.54. The maximum Gasteiger partial charge on any atom is 0.337 e. The van der Waals surface area contributed by atoms with Crippen LogP contribution in [0.4, 0.5) is 22.7 Å². The Morgan fingerprint density at radius 3 is 1.86 bits per heavy atom. The second-order valence-electron chi connectivity index (χ2n) is 6.59. The molecule has 29 heavy (non-hydrogen) atoms. The van der Waals surface area contributed by atoms with Crippen molar-refractivity contribution in [2.45, 2.75) is 13.8 Å². The van der Waals surface area contributed by atoms with Crippen molar-refractivity contribution < 1.29 is 14.0 Å². The molecule has 8 heteroatoms. The number of hydrogen-bond donors (Lipinski definition) is 4. The maximum atomic E-state index is 12.6. The lowest BCUT2D eigenvalue weighted by atomic mass is 10.1. The molecule has 6 N–H and O–H groups in total. The first-order valence-electron chi connectivity index (χ1n) is 8.73. The van der Waals surface area contributed by atoms with E-state index in [2.05, 4.69) is 10.6 Å². The van der Waals surface area contributed by atoms with Crippen molar-refractivity contribution in [3.63, 3.8) is 0 Å². The molecule has 0 atom stereocenters. The van der Waals surface area contributed by atoms with E-state index in [-0.39, 0.29) is 11.3 Å². The first-order valence-corrected chi connectivity index (χ1v) is 8.73. The van der Waals surface area contributed by atoms with E-state index in [0.717, 1.165) is 17.2 Å².